The number of amides is 1. The molecule has 7 nitrogen and oxygen atoms in total. The van der Waals surface area contributed by atoms with Crippen LogP contribution in [0.2, 0.25) is 0 Å². The lowest BCUT2D eigenvalue weighted by Crippen LogP contribution is -2.49. The fourth-order valence-electron chi connectivity index (χ4n) is 3.09. The van der Waals surface area contributed by atoms with Gasteiger partial charge < -0.3 is 15.2 Å². The Morgan fingerprint density at radius 1 is 1.29 bits per heavy atom. The molecule has 0 unspecified atom stereocenters. The van der Waals surface area contributed by atoms with Crippen LogP contribution in [0.25, 0.3) is 11.3 Å². The molecular weight excluding hydrogens is 413 g/mol. The number of ether oxygens (including phenoxy) is 2. The first-order chi connectivity index (χ1) is 14.6. The number of hydrogen-bond donors (Lipinski definition) is 1. The van der Waals surface area contributed by atoms with E-state index in [0.717, 1.165) is 6.20 Å². The number of rotatable bonds is 9. The topological polar surface area (TPSA) is 90.6 Å². The number of pyridine rings is 2. The number of halogens is 3. The summed E-state index contributed by atoms with van der Waals surface area (Å²) < 4.78 is 50.9. The van der Waals surface area contributed by atoms with Crippen molar-refractivity contribution >= 4 is 11.9 Å². The molecule has 0 spiro atoms. The molecule has 0 aromatic carbocycles. The van der Waals surface area contributed by atoms with Gasteiger partial charge in [-0.15, -0.1) is 0 Å². The van der Waals surface area contributed by atoms with Crippen LogP contribution >= 0.6 is 0 Å². The van der Waals surface area contributed by atoms with Gasteiger partial charge in [0, 0.05) is 18.8 Å². The molecule has 31 heavy (non-hydrogen) atoms. The van der Waals surface area contributed by atoms with Crippen molar-refractivity contribution in [1.29, 1.82) is 0 Å². The van der Waals surface area contributed by atoms with Gasteiger partial charge in [-0.1, -0.05) is 13.8 Å². The molecule has 2 N–H and O–H groups in total. The largest absolute Gasteiger partial charge is 0.489 e. The zero-order valence-corrected chi connectivity index (χ0v) is 17.9. The monoisotopic (exact) mass is 440 g/mol. The predicted molar refractivity (Wildman–Crippen MR) is 111 cm³/mol. The third kappa shape index (κ3) is 6.30. The van der Waals surface area contributed by atoms with Crippen LogP contribution < -0.4 is 15.4 Å². The van der Waals surface area contributed by atoms with E-state index in [0.29, 0.717) is 12.0 Å². The molecule has 2 heterocycles. The zero-order valence-electron chi connectivity index (χ0n) is 17.9. The lowest BCUT2D eigenvalue weighted by Gasteiger charge is -2.28. The van der Waals surface area contributed by atoms with Gasteiger partial charge in [0.05, 0.1) is 30.1 Å². The molecule has 0 saturated carbocycles. The minimum atomic E-state index is -2.85. The summed E-state index contributed by atoms with van der Waals surface area (Å²) in [6.45, 7) is 2.68. The highest BCUT2D eigenvalue weighted by Crippen LogP contribution is 2.33. The van der Waals surface area contributed by atoms with E-state index in [1.165, 1.54) is 37.4 Å². The van der Waals surface area contributed by atoms with E-state index in [2.05, 4.69) is 14.7 Å². The Kier molecular flexibility index (Phi) is 8.21. The Morgan fingerprint density at radius 3 is 2.58 bits per heavy atom. The number of anilines is 1. The van der Waals surface area contributed by atoms with Crippen molar-refractivity contribution in [2.75, 3.05) is 32.3 Å². The van der Waals surface area contributed by atoms with E-state index in [9.17, 15) is 18.0 Å². The van der Waals surface area contributed by atoms with Crippen molar-refractivity contribution in [3.05, 3.63) is 36.2 Å². The highest BCUT2D eigenvalue weighted by atomic mass is 19.3. The van der Waals surface area contributed by atoms with Crippen LogP contribution in [0.3, 0.4) is 0 Å². The Hall–Kier alpha value is -2.88. The maximum atomic E-state index is 13.7. The smallest absolute Gasteiger partial charge is 0.414 e. The van der Waals surface area contributed by atoms with Crippen molar-refractivity contribution in [2.45, 2.75) is 32.2 Å². The second-order valence-corrected chi connectivity index (χ2v) is 7.72. The minimum absolute atomic E-state index is 0.114. The predicted octanol–water partition coefficient (Wildman–Crippen LogP) is 4.38. The molecule has 2 aromatic rings. The van der Waals surface area contributed by atoms with Crippen molar-refractivity contribution in [1.82, 2.24) is 9.97 Å². The van der Waals surface area contributed by atoms with Gasteiger partial charge >= 0.3 is 6.09 Å². The number of carbonyl (C=O) groups is 1. The van der Waals surface area contributed by atoms with Crippen molar-refractivity contribution < 1.29 is 27.4 Å². The number of hydrogen-bond acceptors (Lipinski definition) is 6. The van der Waals surface area contributed by atoms with E-state index >= 15 is 0 Å². The van der Waals surface area contributed by atoms with E-state index in [-0.39, 0.29) is 29.8 Å². The normalized spacial score (nSPS) is 13.2. The van der Waals surface area contributed by atoms with E-state index < -0.39 is 30.3 Å². The Balaban J connectivity index is 2.31. The van der Waals surface area contributed by atoms with Crippen molar-refractivity contribution in [3.63, 3.8) is 0 Å². The molecule has 0 aliphatic heterocycles. The lowest BCUT2D eigenvalue weighted by molar-refractivity contribution is 0.131. The molecule has 0 aliphatic rings. The second-order valence-electron chi connectivity index (χ2n) is 7.72. The van der Waals surface area contributed by atoms with Crippen LogP contribution in [0.4, 0.5) is 23.8 Å². The average Bonchev–Trinajstić information content (AvgIpc) is 2.76. The molecule has 0 radical (unpaired) electrons. The highest BCUT2D eigenvalue weighted by Gasteiger charge is 2.28. The van der Waals surface area contributed by atoms with Gasteiger partial charge in [0.25, 0.3) is 6.43 Å². The lowest BCUT2D eigenvalue weighted by atomic mass is 9.92. The first-order valence-corrected chi connectivity index (χ1v) is 9.64. The SMILES string of the molecule is COC(=O)N(C)c1cc(-c2cc(C(F)F)c(OC[C@@](N)(CF)CC(C)C)cn2)ccn1. The molecular formula is C21H27F3N4O3. The quantitative estimate of drug-likeness (QED) is 0.623. The van der Waals surface area contributed by atoms with Crippen molar-refractivity contribution in [2.24, 2.45) is 11.7 Å². The average molecular weight is 440 g/mol. The first kappa shape index (κ1) is 24.4. The third-order valence-corrected chi connectivity index (χ3v) is 4.56. The summed E-state index contributed by atoms with van der Waals surface area (Å²) in [4.78, 5) is 21.1. The third-order valence-electron chi connectivity index (χ3n) is 4.56. The molecule has 0 fully saturated rings. The van der Waals surface area contributed by atoms with Gasteiger partial charge in [0.15, 0.2) is 0 Å². The van der Waals surface area contributed by atoms with Crippen molar-refractivity contribution in [3.8, 4) is 17.0 Å². The number of nitrogens with two attached hydrogens (primary N) is 1. The van der Waals surface area contributed by atoms with Gasteiger partial charge in [-0.25, -0.2) is 22.9 Å². The summed E-state index contributed by atoms with van der Waals surface area (Å²) >= 11 is 0. The highest BCUT2D eigenvalue weighted by molar-refractivity contribution is 5.86. The summed E-state index contributed by atoms with van der Waals surface area (Å²) in [5.74, 6) is 0.213. The summed E-state index contributed by atoms with van der Waals surface area (Å²) in [5, 5.41) is 0. The Labute approximate surface area is 179 Å². The van der Waals surface area contributed by atoms with Crippen LogP contribution in [-0.2, 0) is 4.74 Å². The van der Waals surface area contributed by atoms with E-state index in [1.54, 1.807) is 6.07 Å². The summed E-state index contributed by atoms with van der Waals surface area (Å²) in [7, 11) is 2.70. The van der Waals surface area contributed by atoms with Crippen LogP contribution in [-0.4, -0.2) is 49.0 Å². The van der Waals surface area contributed by atoms with Gasteiger partial charge in [0.1, 0.15) is 24.8 Å². The van der Waals surface area contributed by atoms with Gasteiger partial charge in [0.2, 0.25) is 0 Å². The second kappa shape index (κ2) is 10.4. The standard InChI is InChI=1S/C21H27F3N4O3/c1-13(2)9-21(25,11-22)12-31-17-10-27-16(8-15(17)19(23)24)14-5-6-26-18(7-14)28(3)20(29)30-4/h5-8,10,13,19H,9,11-12,25H2,1-4H3/t21-/m0/s1. The molecule has 0 aliphatic carbocycles. The van der Waals surface area contributed by atoms with Gasteiger partial charge in [-0.2, -0.15) is 0 Å². The molecule has 170 valence electrons. The number of methoxy groups -OCH3 is 1. The molecule has 1 atom stereocenters. The van der Waals surface area contributed by atoms with Gasteiger partial charge in [-0.05, 0) is 30.5 Å². The maximum Gasteiger partial charge on any atom is 0.414 e. The molecule has 2 rings (SSSR count). The van der Waals surface area contributed by atoms with Crippen LogP contribution in [0.1, 0.15) is 32.3 Å². The summed E-state index contributed by atoms with van der Waals surface area (Å²) in [5.41, 5.74) is 5.05. The Morgan fingerprint density at radius 2 is 2.00 bits per heavy atom. The fraction of sp³-hybridized carbons (Fsp3) is 0.476. The number of carbonyl (C=O) groups excluding carboxylic acids is 1. The molecule has 10 heteroatoms. The molecule has 1 amide bonds. The molecule has 2 aromatic heterocycles. The minimum Gasteiger partial charge on any atom is -0.489 e. The number of aromatic nitrogens is 2. The van der Waals surface area contributed by atoms with Crippen LogP contribution in [0.5, 0.6) is 5.75 Å². The van der Waals surface area contributed by atoms with Crippen LogP contribution in [0, 0.1) is 5.92 Å². The fourth-order valence-corrected chi connectivity index (χ4v) is 3.09. The Bertz CT molecular complexity index is 898. The molecule has 0 bridgehead atoms. The van der Waals surface area contributed by atoms with E-state index in [4.69, 9.17) is 10.5 Å². The zero-order chi connectivity index (χ0) is 23.2. The van der Waals surface area contributed by atoms with Gasteiger partial charge in [-0.3, -0.25) is 9.88 Å². The summed E-state index contributed by atoms with van der Waals surface area (Å²) in [6, 6.07) is 4.28. The van der Waals surface area contributed by atoms with E-state index in [1.807, 2.05) is 13.8 Å². The number of nitrogens with zero attached hydrogens (tertiary/aromatic N) is 3. The molecule has 0 saturated heterocycles. The summed E-state index contributed by atoms with van der Waals surface area (Å²) in [6.07, 6.45) is -0.553. The maximum absolute atomic E-state index is 13.7. The first-order valence-electron chi connectivity index (χ1n) is 9.64. The number of alkyl halides is 3. The van der Waals surface area contributed by atoms with Crippen LogP contribution in [0.15, 0.2) is 30.6 Å².